The van der Waals surface area contributed by atoms with Crippen LogP contribution in [0.2, 0.25) is 0 Å². The van der Waals surface area contributed by atoms with Crippen LogP contribution in [-0.4, -0.2) is 73.6 Å². The van der Waals surface area contributed by atoms with Gasteiger partial charge >= 0.3 is 6.03 Å². The number of ether oxygens (including phenoxy) is 1. The zero-order valence-corrected chi connectivity index (χ0v) is 15.9. The van der Waals surface area contributed by atoms with Crippen LogP contribution in [0.15, 0.2) is 30.5 Å². The molecule has 1 N–H and O–H groups in total. The molecule has 1 aromatic heterocycles. The van der Waals surface area contributed by atoms with Crippen molar-refractivity contribution in [3.8, 4) is 0 Å². The summed E-state index contributed by atoms with van der Waals surface area (Å²) in [6.07, 6.45) is 1.74. The number of hydrogen-bond acceptors (Lipinski definition) is 6. The Morgan fingerprint density at radius 3 is 2.52 bits per heavy atom. The topological polar surface area (TPSA) is 73.8 Å². The molecule has 2 saturated heterocycles. The second kappa shape index (κ2) is 8.56. The third-order valence-electron chi connectivity index (χ3n) is 5.06. The van der Waals surface area contributed by atoms with Crippen LogP contribution in [0, 0.1) is 11.6 Å². The Labute approximate surface area is 167 Å². The summed E-state index contributed by atoms with van der Waals surface area (Å²) in [6.45, 7) is 5.03. The Bertz CT molecular complexity index is 870. The van der Waals surface area contributed by atoms with Crippen molar-refractivity contribution in [1.29, 1.82) is 0 Å². The number of benzene rings is 1. The molecular formula is C19H22F2N6O2. The van der Waals surface area contributed by atoms with Gasteiger partial charge in [0.1, 0.15) is 11.6 Å². The lowest BCUT2D eigenvalue weighted by Crippen LogP contribution is -2.50. The molecule has 0 spiro atoms. The monoisotopic (exact) mass is 404 g/mol. The quantitative estimate of drug-likeness (QED) is 0.843. The first-order valence-electron chi connectivity index (χ1n) is 9.51. The number of carbonyl (C=O) groups excluding carboxylic acids is 1. The molecule has 10 heteroatoms. The average molecular weight is 404 g/mol. The van der Waals surface area contributed by atoms with E-state index in [2.05, 4.69) is 25.3 Å². The summed E-state index contributed by atoms with van der Waals surface area (Å²) in [4.78, 5) is 18.2. The predicted molar refractivity (Wildman–Crippen MR) is 104 cm³/mol. The number of piperazine rings is 1. The maximum Gasteiger partial charge on any atom is 0.322 e. The normalized spacial score (nSPS) is 17.4. The molecule has 29 heavy (non-hydrogen) atoms. The maximum absolute atomic E-state index is 13.7. The number of aromatic nitrogens is 2. The van der Waals surface area contributed by atoms with Crippen LogP contribution < -0.4 is 15.1 Å². The fourth-order valence-electron chi connectivity index (χ4n) is 3.42. The van der Waals surface area contributed by atoms with Gasteiger partial charge < -0.3 is 24.8 Å². The molecule has 2 amide bonds. The van der Waals surface area contributed by atoms with Gasteiger partial charge in [-0.25, -0.2) is 13.6 Å². The number of urea groups is 1. The predicted octanol–water partition coefficient (Wildman–Crippen LogP) is 1.95. The molecule has 4 rings (SSSR count). The van der Waals surface area contributed by atoms with E-state index in [0.717, 1.165) is 42.8 Å². The summed E-state index contributed by atoms with van der Waals surface area (Å²) >= 11 is 0. The Morgan fingerprint density at radius 1 is 1.00 bits per heavy atom. The van der Waals surface area contributed by atoms with Crippen molar-refractivity contribution in [2.75, 3.05) is 67.6 Å². The smallest absolute Gasteiger partial charge is 0.322 e. The van der Waals surface area contributed by atoms with E-state index in [4.69, 9.17) is 4.74 Å². The molecule has 0 unspecified atom stereocenters. The molecule has 2 fully saturated rings. The van der Waals surface area contributed by atoms with E-state index >= 15 is 0 Å². The van der Waals surface area contributed by atoms with E-state index in [1.807, 2.05) is 6.07 Å². The number of carbonyl (C=O) groups is 1. The van der Waals surface area contributed by atoms with Crippen molar-refractivity contribution < 1.29 is 18.3 Å². The maximum atomic E-state index is 13.7. The third kappa shape index (κ3) is 4.53. The average Bonchev–Trinajstić information content (AvgIpc) is 2.77. The van der Waals surface area contributed by atoms with Gasteiger partial charge in [0.2, 0.25) is 0 Å². The third-order valence-corrected chi connectivity index (χ3v) is 5.06. The summed E-state index contributed by atoms with van der Waals surface area (Å²) in [6, 6.07) is 4.51. The van der Waals surface area contributed by atoms with Gasteiger partial charge in [-0.15, -0.1) is 5.10 Å². The van der Waals surface area contributed by atoms with Crippen LogP contribution in [0.3, 0.4) is 0 Å². The zero-order valence-electron chi connectivity index (χ0n) is 15.9. The van der Waals surface area contributed by atoms with Crippen LogP contribution in [-0.2, 0) is 4.74 Å². The summed E-state index contributed by atoms with van der Waals surface area (Å²) in [5, 5.41) is 10.8. The van der Waals surface area contributed by atoms with E-state index < -0.39 is 17.7 Å². The molecule has 8 nitrogen and oxygen atoms in total. The molecule has 0 bridgehead atoms. The SMILES string of the molecule is O=C(Nc1cc(F)ccc1F)N1CCN(c2cc(N3CCOCC3)cnn2)CC1. The van der Waals surface area contributed by atoms with Crippen molar-refractivity contribution in [1.82, 2.24) is 15.1 Å². The largest absolute Gasteiger partial charge is 0.378 e. The molecule has 2 aromatic rings. The molecule has 2 aliphatic rings. The van der Waals surface area contributed by atoms with Crippen molar-refractivity contribution in [2.45, 2.75) is 0 Å². The number of morpholine rings is 1. The van der Waals surface area contributed by atoms with E-state index in [1.165, 1.54) is 0 Å². The minimum Gasteiger partial charge on any atom is -0.378 e. The highest BCUT2D eigenvalue weighted by atomic mass is 19.1. The van der Waals surface area contributed by atoms with Gasteiger partial charge in [-0.3, -0.25) is 0 Å². The van der Waals surface area contributed by atoms with E-state index in [9.17, 15) is 13.6 Å². The molecule has 1 aromatic carbocycles. The van der Waals surface area contributed by atoms with E-state index in [0.29, 0.717) is 39.4 Å². The fraction of sp³-hybridized carbons (Fsp3) is 0.421. The van der Waals surface area contributed by atoms with Crippen molar-refractivity contribution in [3.05, 3.63) is 42.1 Å². The number of nitrogens with one attached hydrogen (secondary N) is 1. The zero-order chi connectivity index (χ0) is 20.2. The molecule has 2 aliphatic heterocycles. The first kappa shape index (κ1) is 19.3. The van der Waals surface area contributed by atoms with Crippen LogP contribution in [0.5, 0.6) is 0 Å². The molecule has 3 heterocycles. The lowest BCUT2D eigenvalue weighted by atomic mass is 10.3. The Kier molecular flexibility index (Phi) is 5.70. The summed E-state index contributed by atoms with van der Waals surface area (Å²) in [7, 11) is 0. The number of halogens is 2. The Morgan fingerprint density at radius 2 is 1.76 bits per heavy atom. The van der Waals surface area contributed by atoms with Gasteiger partial charge in [0, 0.05) is 51.4 Å². The minimum absolute atomic E-state index is 0.165. The molecule has 0 radical (unpaired) electrons. The number of amides is 2. The minimum atomic E-state index is -0.673. The summed E-state index contributed by atoms with van der Waals surface area (Å²) in [5.74, 6) is -0.524. The van der Waals surface area contributed by atoms with Gasteiger partial charge in [0.05, 0.1) is 30.8 Å². The first-order valence-corrected chi connectivity index (χ1v) is 9.51. The van der Waals surface area contributed by atoms with Crippen molar-refractivity contribution >= 4 is 23.2 Å². The molecule has 0 atom stereocenters. The number of hydrogen-bond donors (Lipinski definition) is 1. The Balaban J connectivity index is 1.35. The van der Waals surface area contributed by atoms with Crippen LogP contribution in [0.25, 0.3) is 0 Å². The lowest BCUT2D eigenvalue weighted by Gasteiger charge is -2.35. The molecular weight excluding hydrogens is 382 g/mol. The fourth-order valence-corrected chi connectivity index (χ4v) is 3.42. The number of nitrogens with zero attached hydrogens (tertiary/aromatic N) is 5. The van der Waals surface area contributed by atoms with Gasteiger partial charge in [-0.2, -0.15) is 5.10 Å². The van der Waals surface area contributed by atoms with E-state index in [1.54, 1.807) is 11.1 Å². The standard InChI is InChI=1S/C19H22F2N6O2/c20-14-1-2-16(21)17(11-14)23-19(28)27-5-3-26(4-6-27)18-12-15(13-22-24-18)25-7-9-29-10-8-25/h1-2,11-13H,3-10H2,(H,23,28). The van der Waals surface area contributed by atoms with Crippen LogP contribution in [0.1, 0.15) is 0 Å². The van der Waals surface area contributed by atoms with E-state index in [-0.39, 0.29) is 5.69 Å². The number of anilines is 3. The molecule has 0 saturated carbocycles. The van der Waals surface area contributed by atoms with Gasteiger partial charge in [-0.05, 0) is 12.1 Å². The Hall–Kier alpha value is -3.01. The van der Waals surface area contributed by atoms with Crippen LogP contribution in [0.4, 0.5) is 30.8 Å². The van der Waals surface area contributed by atoms with Crippen LogP contribution >= 0.6 is 0 Å². The first-order chi connectivity index (χ1) is 14.1. The summed E-state index contributed by atoms with van der Waals surface area (Å²) < 4.78 is 32.4. The summed E-state index contributed by atoms with van der Waals surface area (Å²) in [5.41, 5.74) is 0.835. The van der Waals surface area contributed by atoms with Gasteiger partial charge in [0.25, 0.3) is 0 Å². The molecule has 0 aliphatic carbocycles. The lowest BCUT2D eigenvalue weighted by molar-refractivity contribution is 0.122. The molecule has 154 valence electrons. The highest BCUT2D eigenvalue weighted by Gasteiger charge is 2.23. The second-order valence-electron chi connectivity index (χ2n) is 6.90. The van der Waals surface area contributed by atoms with Gasteiger partial charge in [-0.1, -0.05) is 0 Å². The van der Waals surface area contributed by atoms with Crippen molar-refractivity contribution in [2.24, 2.45) is 0 Å². The second-order valence-corrected chi connectivity index (χ2v) is 6.90. The highest BCUT2D eigenvalue weighted by Crippen LogP contribution is 2.21. The number of rotatable bonds is 3. The highest BCUT2D eigenvalue weighted by molar-refractivity contribution is 5.89. The van der Waals surface area contributed by atoms with Crippen molar-refractivity contribution in [3.63, 3.8) is 0 Å². The van der Waals surface area contributed by atoms with Gasteiger partial charge in [0.15, 0.2) is 5.82 Å².